The van der Waals surface area contributed by atoms with Gasteiger partial charge >= 0.3 is 0 Å². The molecule has 126 valence electrons. The van der Waals surface area contributed by atoms with Gasteiger partial charge in [-0.2, -0.15) is 0 Å². The summed E-state index contributed by atoms with van der Waals surface area (Å²) in [4.78, 5) is 17.5. The highest BCUT2D eigenvalue weighted by atomic mass is 16.3. The van der Waals surface area contributed by atoms with Gasteiger partial charge in [0.15, 0.2) is 5.78 Å². The van der Waals surface area contributed by atoms with Crippen molar-refractivity contribution in [3.63, 3.8) is 0 Å². The fourth-order valence-electron chi connectivity index (χ4n) is 3.73. The summed E-state index contributed by atoms with van der Waals surface area (Å²) < 4.78 is 0. The Hall–Kier alpha value is -2.72. The average Bonchev–Trinajstić information content (AvgIpc) is 2.57. The van der Waals surface area contributed by atoms with E-state index >= 15 is 0 Å². The third kappa shape index (κ3) is 2.18. The monoisotopic (exact) mass is 332 g/mol. The number of aryl methyl sites for hydroxylation is 1. The Bertz CT molecular complexity index is 997. The van der Waals surface area contributed by atoms with E-state index in [0.717, 1.165) is 33.7 Å². The third-order valence-electron chi connectivity index (χ3n) is 5.22. The fourth-order valence-corrected chi connectivity index (χ4v) is 3.73. The zero-order valence-electron chi connectivity index (χ0n) is 14.6. The van der Waals surface area contributed by atoms with Crippen molar-refractivity contribution in [2.24, 2.45) is 10.7 Å². The molecule has 1 aliphatic carbocycles. The van der Waals surface area contributed by atoms with Crippen LogP contribution in [0.1, 0.15) is 46.5 Å². The maximum absolute atomic E-state index is 12.7. The Kier molecular flexibility index (Phi) is 3.24. The van der Waals surface area contributed by atoms with E-state index in [-0.39, 0.29) is 18.1 Å². The van der Waals surface area contributed by atoms with E-state index in [4.69, 9.17) is 10.7 Å². The first kappa shape index (κ1) is 15.8. The Morgan fingerprint density at radius 3 is 2.64 bits per heavy atom. The summed E-state index contributed by atoms with van der Waals surface area (Å²) in [6.07, 6.45) is 1.69. The SMILES string of the molecule is Cc1ccc2c(c1)C(=O)C=C1C2=Nc2cc(CN)c(O)cc2C1(C)C. The summed E-state index contributed by atoms with van der Waals surface area (Å²) in [5, 5.41) is 10.2. The molecule has 4 nitrogen and oxygen atoms in total. The van der Waals surface area contributed by atoms with Crippen molar-refractivity contribution < 1.29 is 9.90 Å². The second-order valence-electron chi connectivity index (χ2n) is 7.26. The van der Waals surface area contributed by atoms with Gasteiger partial charge < -0.3 is 10.8 Å². The Morgan fingerprint density at radius 1 is 1.16 bits per heavy atom. The van der Waals surface area contributed by atoms with Gasteiger partial charge in [0.25, 0.3) is 0 Å². The van der Waals surface area contributed by atoms with Crippen LogP contribution in [-0.2, 0) is 12.0 Å². The lowest BCUT2D eigenvalue weighted by atomic mass is 9.69. The summed E-state index contributed by atoms with van der Waals surface area (Å²) in [6, 6.07) is 9.47. The molecule has 1 heterocycles. The number of aromatic hydroxyl groups is 1. The van der Waals surface area contributed by atoms with Gasteiger partial charge in [-0.25, -0.2) is 4.99 Å². The molecule has 0 saturated carbocycles. The number of ketones is 1. The average molecular weight is 332 g/mol. The van der Waals surface area contributed by atoms with Crippen molar-refractivity contribution in [1.82, 2.24) is 0 Å². The molecule has 0 radical (unpaired) electrons. The molecule has 2 aromatic rings. The topological polar surface area (TPSA) is 75.7 Å². The van der Waals surface area contributed by atoms with Crippen molar-refractivity contribution in [2.45, 2.75) is 32.7 Å². The number of hydrogen-bond donors (Lipinski definition) is 2. The fraction of sp³-hybridized carbons (Fsp3) is 0.238. The predicted octanol–water partition coefficient (Wildman–Crippen LogP) is 3.69. The van der Waals surface area contributed by atoms with Gasteiger partial charge in [0.1, 0.15) is 5.75 Å². The summed E-state index contributed by atoms with van der Waals surface area (Å²) in [5.41, 5.74) is 12.0. The highest BCUT2D eigenvalue weighted by Gasteiger charge is 2.39. The van der Waals surface area contributed by atoms with E-state index in [1.807, 2.05) is 31.2 Å². The number of phenols is 1. The van der Waals surface area contributed by atoms with Crippen LogP contribution < -0.4 is 5.73 Å². The maximum atomic E-state index is 12.7. The van der Waals surface area contributed by atoms with Crippen LogP contribution in [0.3, 0.4) is 0 Å². The van der Waals surface area contributed by atoms with E-state index in [2.05, 4.69) is 13.8 Å². The predicted molar refractivity (Wildman–Crippen MR) is 98.8 cm³/mol. The largest absolute Gasteiger partial charge is 0.508 e. The summed E-state index contributed by atoms with van der Waals surface area (Å²) in [7, 11) is 0. The van der Waals surface area contributed by atoms with Gasteiger partial charge in [0, 0.05) is 28.7 Å². The Morgan fingerprint density at radius 2 is 1.92 bits per heavy atom. The molecular weight excluding hydrogens is 312 g/mol. The van der Waals surface area contributed by atoms with Crippen LogP contribution in [0.5, 0.6) is 5.75 Å². The molecule has 3 N–H and O–H groups in total. The molecule has 0 aromatic heterocycles. The molecule has 2 aromatic carbocycles. The molecule has 0 atom stereocenters. The lowest BCUT2D eigenvalue weighted by molar-refractivity contribution is 0.104. The van der Waals surface area contributed by atoms with E-state index in [9.17, 15) is 9.90 Å². The first-order chi connectivity index (χ1) is 11.8. The number of benzene rings is 2. The van der Waals surface area contributed by atoms with Crippen molar-refractivity contribution in [3.8, 4) is 5.75 Å². The molecule has 1 aliphatic heterocycles. The number of carbonyl (C=O) groups excluding carboxylic acids is 1. The molecular formula is C21H20N2O2. The number of rotatable bonds is 1. The van der Waals surface area contributed by atoms with Gasteiger partial charge in [0.2, 0.25) is 0 Å². The van der Waals surface area contributed by atoms with Gasteiger partial charge in [-0.05, 0) is 42.3 Å². The summed E-state index contributed by atoms with van der Waals surface area (Å²) >= 11 is 0. The Balaban J connectivity index is 2.04. The van der Waals surface area contributed by atoms with E-state index in [0.29, 0.717) is 11.1 Å². The lowest BCUT2D eigenvalue weighted by Gasteiger charge is -2.37. The van der Waals surface area contributed by atoms with Gasteiger partial charge in [-0.1, -0.05) is 31.5 Å². The molecule has 4 heteroatoms. The molecule has 0 spiro atoms. The highest BCUT2D eigenvalue weighted by molar-refractivity contribution is 6.28. The van der Waals surface area contributed by atoms with Gasteiger partial charge in [0.05, 0.1) is 11.4 Å². The molecule has 0 fully saturated rings. The zero-order chi connectivity index (χ0) is 17.9. The molecule has 0 bridgehead atoms. The summed E-state index contributed by atoms with van der Waals surface area (Å²) in [6.45, 7) is 6.34. The minimum Gasteiger partial charge on any atom is -0.508 e. The van der Waals surface area contributed by atoms with Crippen LogP contribution in [0.2, 0.25) is 0 Å². The number of phenolic OH excluding ortho intramolecular Hbond substituents is 1. The third-order valence-corrected chi connectivity index (χ3v) is 5.22. The first-order valence-corrected chi connectivity index (χ1v) is 8.36. The number of nitrogens with zero attached hydrogens (tertiary/aromatic N) is 1. The standard InChI is InChI=1S/C21H20N2O2/c1-11-4-5-13-14(6-11)19(25)9-16-20(13)23-17-7-12(10-22)18(24)8-15(17)21(16,2)3/h4-9,24H,10,22H2,1-3H3. The molecule has 2 aliphatic rings. The second kappa shape index (κ2) is 5.14. The Labute approximate surface area is 146 Å². The minimum absolute atomic E-state index is 0.00646. The first-order valence-electron chi connectivity index (χ1n) is 8.36. The maximum Gasteiger partial charge on any atom is 0.186 e. The van der Waals surface area contributed by atoms with Crippen molar-refractivity contribution in [3.05, 3.63) is 69.8 Å². The normalized spacial score (nSPS) is 17.2. The van der Waals surface area contributed by atoms with Gasteiger partial charge in [-0.15, -0.1) is 0 Å². The van der Waals surface area contributed by atoms with Crippen LogP contribution in [0.25, 0.3) is 0 Å². The number of allylic oxidation sites excluding steroid dienone is 2. The van der Waals surface area contributed by atoms with Crippen LogP contribution in [0.4, 0.5) is 5.69 Å². The van der Waals surface area contributed by atoms with Crippen molar-refractivity contribution in [2.75, 3.05) is 0 Å². The quantitative estimate of drug-likeness (QED) is 0.836. The van der Waals surface area contributed by atoms with Gasteiger partial charge in [-0.3, -0.25) is 4.79 Å². The smallest absolute Gasteiger partial charge is 0.186 e. The number of fused-ring (bicyclic) bond motifs is 4. The lowest BCUT2D eigenvalue weighted by Crippen LogP contribution is -2.33. The van der Waals surface area contributed by atoms with Crippen molar-refractivity contribution >= 4 is 17.2 Å². The van der Waals surface area contributed by atoms with Crippen LogP contribution in [0.15, 0.2) is 47.0 Å². The highest BCUT2D eigenvalue weighted by Crippen LogP contribution is 2.47. The number of hydrogen-bond acceptors (Lipinski definition) is 4. The van der Waals surface area contributed by atoms with Crippen LogP contribution in [-0.4, -0.2) is 16.6 Å². The molecule has 4 rings (SSSR count). The van der Waals surface area contributed by atoms with Crippen LogP contribution >= 0.6 is 0 Å². The second-order valence-corrected chi connectivity index (χ2v) is 7.26. The van der Waals surface area contributed by atoms with Crippen molar-refractivity contribution in [1.29, 1.82) is 0 Å². The van der Waals surface area contributed by atoms with Crippen LogP contribution in [0, 0.1) is 6.92 Å². The number of carbonyl (C=O) groups is 1. The number of aliphatic imine (C=N–C) groups is 1. The number of nitrogens with two attached hydrogens (primary N) is 1. The molecule has 0 saturated heterocycles. The van der Waals surface area contributed by atoms with E-state index in [1.165, 1.54) is 0 Å². The minimum atomic E-state index is -0.435. The molecule has 0 amide bonds. The molecule has 0 unspecified atom stereocenters. The summed E-state index contributed by atoms with van der Waals surface area (Å²) in [5.74, 6) is 0.179. The van der Waals surface area contributed by atoms with E-state index in [1.54, 1.807) is 12.1 Å². The zero-order valence-corrected chi connectivity index (χ0v) is 14.6. The molecule has 25 heavy (non-hydrogen) atoms. The van der Waals surface area contributed by atoms with E-state index < -0.39 is 5.41 Å².